The van der Waals surface area contributed by atoms with E-state index in [0.717, 1.165) is 25.9 Å². The second-order valence-electron chi connectivity index (χ2n) is 5.43. The van der Waals surface area contributed by atoms with Crippen LogP contribution < -0.4 is 0 Å². The van der Waals surface area contributed by atoms with Gasteiger partial charge in [-0.1, -0.05) is 37.3 Å². The highest BCUT2D eigenvalue weighted by Crippen LogP contribution is 2.61. The summed E-state index contributed by atoms with van der Waals surface area (Å²) >= 11 is 0. The molecule has 2 aliphatic rings. The number of hydrogen-bond donors (Lipinski definition) is 0. The molecule has 1 aliphatic carbocycles. The number of hydrogen-bond acceptors (Lipinski definition) is 2. The Balaban J connectivity index is 1.63. The molecular weight excluding hydrogens is 198 g/mol. The number of aldehydes is 1. The first kappa shape index (κ1) is 10.0. The molecule has 2 nitrogen and oxygen atoms in total. The van der Waals surface area contributed by atoms with E-state index < -0.39 is 0 Å². The Labute approximate surface area is 96.3 Å². The van der Waals surface area contributed by atoms with Gasteiger partial charge in [-0.2, -0.15) is 0 Å². The van der Waals surface area contributed by atoms with Gasteiger partial charge in [0.2, 0.25) is 0 Å². The van der Waals surface area contributed by atoms with E-state index in [9.17, 15) is 4.79 Å². The molecule has 0 spiro atoms. The minimum atomic E-state index is 0.288. The molecule has 3 rings (SSSR count). The first-order valence-corrected chi connectivity index (χ1v) is 5.95. The molecule has 2 fully saturated rings. The number of rotatable bonds is 3. The minimum absolute atomic E-state index is 0.288. The van der Waals surface area contributed by atoms with E-state index in [4.69, 9.17) is 0 Å². The van der Waals surface area contributed by atoms with Gasteiger partial charge in [-0.05, 0) is 16.9 Å². The van der Waals surface area contributed by atoms with Crippen molar-refractivity contribution in [2.75, 3.05) is 13.1 Å². The summed E-state index contributed by atoms with van der Waals surface area (Å²) in [5.74, 6) is 0.952. The lowest BCUT2D eigenvalue weighted by atomic mass is 10.1. The molecule has 3 unspecified atom stereocenters. The zero-order valence-electron chi connectivity index (χ0n) is 9.60. The van der Waals surface area contributed by atoms with Gasteiger partial charge < -0.3 is 4.79 Å². The summed E-state index contributed by atoms with van der Waals surface area (Å²) in [6, 6.07) is 10.6. The molecule has 0 aromatic heterocycles. The van der Waals surface area contributed by atoms with Gasteiger partial charge in [-0.3, -0.25) is 4.90 Å². The van der Waals surface area contributed by atoms with Gasteiger partial charge in [0.1, 0.15) is 6.29 Å². The standard InChI is InChI=1S/C14H17NO/c1-14-10-15(8-12(14)13(14)9-16)7-11-5-3-2-4-6-11/h2-6,9,12-13H,7-8,10H2,1H3. The SMILES string of the molecule is CC12CN(Cc3ccccc3)CC1C2C=O. The van der Waals surface area contributed by atoms with Crippen LogP contribution in [-0.2, 0) is 11.3 Å². The molecule has 0 N–H and O–H groups in total. The van der Waals surface area contributed by atoms with Crippen molar-refractivity contribution in [2.45, 2.75) is 13.5 Å². The average Bonchev–Trinajstić information content (AvgIpc) is 2.67. The van der Waals surface area contributed by atoms with E-state index in [2.05, 4.69) is 42.2 Å². The second-order valence-corrected chi connectivity index (χ2v) is 5.43. The predicted molar refractivity (Wildman–Crippen MR) is 62.9 cm³/mol. The molecule has 1 heterocycles. The summed E-state index contributed by atoms with van der Waals surface area (Å²) in [7, 11) is 0. The lowest BCUT2D eigenvalue weighted by molar-refractivity contribution is -0.110. The van der Waals surface area contributed by atoms with Crippen LogP contribution in [0.5, 0.6) is 0 Å². The first-order valence-electron chi connectivity index (χ1n) is 5.95. The number of carbonyl (C=O) groups excluding carboxylic acids is 1. The van der Waals surface area contributed by atoms with E-state index >= 15 is 0 Å². The van der Waals surface area contributed by atoms with Gasteiger partial charge >= 0.3 is 0 Å². The summed E-state index contributed by atoms with van der Waals surface area (Å²) in [6.07, 6.45) is 1.16. The summed E-state index contributed by atoms with van der Waals surface area (Å²) in [4.78, 5) is 13.3. The third-order valence-corrected chi connectivity index (χ3v) is 4.35. The minimum Gasteiger partial charge on any atom is -0.303 e. The summed E-state index contributed by atoms with van der Waals surface area (Å²) in [5, 5.41) is 0. The van der Waals surface area contributed by atoms with Gasteiger partial charge in [0.05, 0.1) is 0 Å². The average molecular weight is 215 g/mol. The molecule has 0 amide bonds. The maximum Gasteiger partial charge on any atom is 0.124 e. The molecule has 0 radical (unpaired) electrons. The van der Waals surface area contributed by atoms with Crippen LogP contribution in [-0.4, -0.2) is 24.3 Å². The highest BCUT2D eigenvalue weighted by Gasteiger charge is 2.65. The molecule has 1 aromatic rings. The molecule has 1 saturated carbocycles. The van der Waals surface area contributed by atoms with E-state index in [1.807, 2.05) is 0 Å². The number of carbonyl (C=O) groups is 1. The molecule has 1 aliphatic heterocycles. The monoisotopic (exact) mass is 215 g/mol. The molecule has 2 heteroatoms. The van der Waals surface area contributed by atoms with Crippen LogP contribution >= 0.6 is 0 Å². The second kappa shape index (κ2) is 3.42. The van der Waals surface area contributed by atoms with Crippen LogP contribution in [0.2, 0.25) is 0 Å². The highest BCUT2D eigenvalue weighted by molar-refractivity contribution is 5.62. The van der Waals surface area contributed by atoms with Crippen LogP contribution in [0.25, 0.3) is 0 Å². The molecule has 16 heavy (non-hydrogen) atoms. The molecule has 1 aromatic carbocycles. The van der Waals surface area contributed by atoms with E-state index in [1.165, 1.54) is 5.56 Å². The summed E-state index contributed by atoms with van der Waals surface area (Å²) in [5.41, 5.74) is 1.66. The fourth-order valence-electron chi connectivity index (χ4n) is 3.28. The first-order chi connectivity index (χ1) is 7.74. The molecule has 3 atom stereocenters. The Morgan fingerprint density at radius 3 is 2.75 bits per heavy atom. The van der Waals surface area contributed by atoms with E-state index in [0.29, 0.717) is 11.8 Å². The van der Waals surface area contributed by atoms with Crippen molar-refractivity contribution in [1.29, 1.82) is 0 Å². The Morgan fingerprint density at radius 1 is 1.44 bits per heavy atom. The molecule has 1 saturated heterocycles. The summed E-state index contributed by atoms with van der Waals surface area (Å²) < 4.78 is 0. The normalized spacial score (nSPS) is 37.1. The smallest absolute Gasteiger partial charge is 0.124 e. The lowest BCUT2D eigenvalue weighted by Crippen LogP contribution is -2.26. The van der Waals surface area contributed by atoms with Crippen LogP contribution in [0.3, 0.4) is 0 Å². The maximum atomic E-state index is 10.8. The van der Waals surface area contributed by atoms with Crippen molar-refractivity contribution in [3.8, 4) is 0 Å². The molecule has 0 bridgehead atoms. The summed E-state index contributed by atoms with van der Waals surface area (Å²) in [6.45, 7) is 5.45. The molecule has 84 valence electrons. The zero-order chi connectivity index (χ0) is 11.2. The van der Waals surface area contributed by atoms with E-state index in [-0.39, 0.29) is 5.41 Å². The Kier molecular flexibility index (Phi) is 2.15. The van der Waals surface area contributed by atoms with Gasteiger partial charge in [0.25, 0.3) is 0 Å². The number of benzene rings is 1. The van der Waals surface area contributed by atoms with Crippen LogP contribution in [0, 0.1) is 17.3 Å². The van der Waals surface area contributed by atoms with Crippen LogP contribution in [0.4, 0.5) is 0 Å². The van der Waals surface area contributed by atoms with Crippen molar-refractivity contribution in [1.82, 2.24) is 4.90 Å². The predicted octanol–water partition coefficient (Wildman–Crippen LogP) is 1.95. The van der Waals surface area contributed by atoms with Crippen LogP contribution in [0.15, 0.2) is 30.3 Å². The highest BCUT2D eigenvalue weighted by atomic mass is 16.1. The fraction of sp³-hybridized carbons (Fsp3) is 0.500. The van der Waals surface area contributed by atoms with Crippen LogP contribution in [0.1, 0.15) is 12.5 Å². The lowest BCUT2D eigenvalue weighted by Gasteiger charge is -2.20. The Morgan fingerprint density at radius 2 is 2.19 bits per heavy atom. The molecular formula is C14H17NO. The maximum absolute atomic E-state index is 10.8. The third-order valence-electron chi connectivity index (χ3n) is 4.35. The Bertz CT molecular complexity index is 402. The van der Waals surface area contributed by atoms with Crippen molar-refractivity contribution < 1.29 is 4.79 Å². The number of fused-ring (bicyclic) bond motifs is 1. The number of likely N-dealkylation sites (tertiary alicyclic amines) is 1. The van der Waals surface area contributed by atoms with Crippen molar-refractivity contribution >= 4 is 6.29 Å². The van der Waals surface area contributed by atoms with Crippen molar-refractivity contribution in [2.24, 2.45) is 17.3 Å². The van der Waals surface area contributed by atoms with Gasteiger partial charge in [0, 0.05) is 25.6 Å². The number of nitrogens with zero attached hydrogens (tertiary/aromatic N) is 1. The van der Waals surface area contributed by atoms with Crippen molar-refractivity contribution in [3.05, 3.63) is 35.9 Å². The Hall–Kier alpha value is -1.15. The largest absolute Gasteiger partial charge is 0.303 e. The van der Waals surface area contributed by atoms with Gasteiger partial charge in [-0.25, -0.2) is 0 Å². The fourth-order valence-corrected chi connectivity index (χ4v) is 3.28. The van der Waals surface area contributed by atoms with Gasteiger partial charge in [-0.15, -0.1) is 0 Å². The quantitative estimate of drug-likeness (QED) is 0.718. The zero-order valence-corrected chi connectivity index (χ0v) is 9.60. The van der Waals surface area contributed by atoms with Crippen molar-refractivity contribution in [3.63, 3.8) is 0 Å². The van der Waals surface area contributed by atoms with E-state index in [1.54, 1.807) is 0 Å². The third kappa shape index (κ3) is 1.40. The number of piperidine rings is 1. The topological polar surface area (TPSA) is 20.3 Å². The van der Waals surface area contributed by atoms with Gasteiger partial charge in [0.15, 0.2) is 0 Å².